The predicted octanol–water partition coefficient (Wildman–Crippen LogP) is 4.53. The summed E-state index contributed by atoms with van der Waals surface area (Å²) in [6.07, 6.45) is 2.69. The van der Waals surface area contributed by atoms with Crippen molar-refractivity contribution in [1.82, 2.24) is 4.90 Å². The van der Waals surface area contributed by atoms with E-state index >= 15 is 0 Å². The molecule has 2 aromatic carbocycles. The quantitative estimate of drug-likeness (QED) is 0.871. The van der Waals surface area contributed by atoms with Crippen LogP contribution in [0.1, 0.15) is 30.9 Å². The van der Waals surface area contributed by atoms with E-state index in [9.17, 15) is 0 Å². The van der Waals surface area contributed by atoms with Crippen LogP contribution in [-0.4, -0.2) is 18.0 Å². The van der Waals surface area contributed by atoms with Crippen molar-refractivity contribution in [2.45, 2.75) is 32.9 Å². The second kappa shape index (κ2) is 7.46. The third kappa shape index (κ3) is 4.35. The molecule has 0 aliphatic carbocycles. The van der Waals surface area contributed by atoms with Crippen LogP contribution in [0.15, 0.2) is 54.6 Å². The summed E-state index contributed by atoms with van der Waals surface area (Å²) < 4.78 is 0. The molecule has 22 heavy (non-hydrogen) atoms. The highest BCUT2D eigenvalue weighted by Crippen LogP contribution is 2.19. The van der Waals surface area contributed by atoms with Gasteiger partial charge in [-0.1, -0.05) is 49.4 Å². The maximum atomic E-state index is 3.48. The summed E-state index contributed by atoms with van der Waals surface area (Å²) in [5.41, 5.74) is 3.92. The van der Waals surface area contributed by atoms with Gasteiger partial charge in [0.05, 0.1) is 0 Å². The van der Waals surface area contributed by atoms with Crippen molar-refractivity contribution in [2.75, 3.05) is 18.4 Å². The van der Waals surface area contributed by atoms with Crippen LogP contribution in [0, 0.1) is 5.92 Å². The Hall–Kier alpha value is -1.80. The first-order chi connectivity index (χ1) is 10.8. The minimum absolute atomic E-state index is 0.879. The first-order valence-corrected chi connectivity index (χ1v) is 8.39. The van der Waals surface area contributed by atoms with E-state index in [0.29, 0.717) is 0 Å². The van der Waals surface area contributed by atoms with Crippen LogP contribution >= 0.6 is 0 Å². The molecule has 1 saturated heterocycles. The fourth-order valence-electron chi connectivity index (χ4n) is 3.01. The lowest BCUT2D eigenvalue weighted by Gasteiger charge is -2.30. The highest BCUT2D eigenvalue weighted by molar-refractivity contribution is 5.45. The summed E-state index contributed by atoms with van der Waals surface area (Å²) in [4.78, 5) is 2.58. The van der Waals surface area contributed by atoms with Gasteiger partial charge in [0.2, 0.25) is 0 Å². The molecule has 0 amide bonds. The van der Waals surface area contributed by atoms with Crippen LogP contribution in [0.25, 0.3) is 0 Å². The molecule has 0 spiro atoms. The van der Waals surface area contributed by atoms with Crippen molar-refractivity contribution >= 4 is 5.69 Å². The second-order valence-electron chi connectivity index (χ2n) is 6.49. The predicted molar refractivity (Wildman–Crippen MR) is 93.9 cm³/mol. The highest BCUT2D eigenvalue weighted by Gasteiger charge is 2.15. The Morgan fingerprint density at radius 1 is 0.909 bits per heavy atom. The number of nitrogens with one attached hydrogen (secondary N) is 1. The van der Waals surface area contributed by atoms with Gasteiger partial charge in [-0.05, 0) is 55.1 Å². The smallest absolute Gasteiger partial charge is 0.0400 e. The summed E-state index contributed by atoms with van der Waals surface area (Å²) in [7, 11) is 0. The van der Waals surface area contributed by atoms with E-state index in [0.717, 1.165) is 19.0 Å². The van der Waals surface area contributed by atoms with Gasteiger partial charge in [0, 0.05) is 18.8 Å². The summed E-state index contributed by atoms with van der Waals surface area (Å²) >= 11 is 0. The molecular weight excluding hydrogens is 268 g/mol. The minimum atomic E-state index is 0.879. The zero-order valence-electron chi connectivity index (χ0n) is 13.5. The van der Waals surface area contributed by atoms with E-state index in [1.807, 2.05) is 0 Å². The Morgan fingerprint density at radius 3 is 2.27 bits per heavy atom. The van der Waals surface area contributed by atoms with E-state index in [1.165, 1.54) is 42.7 Å². The van der Waals surface area contributed by atoms with Gasteiger partial charge in [-0.25, -0.2) is 0 Å². The van der Waals surface area contributed by atoms with Crippen LogP contribution in [-0.2, 0) is 13.1 Å². The zero-order chi connectivity index (χ0) is 15.2. The lowest BCUT2D eigenvalue weighted by molar-refractivity contribution is 0.185. The maximum Gasteiger partial charge on any atom is 0.0400 e. The number of benzene rings is 2. The average Bonchev–Trinajstić information content (AvgIpc) is 2.57. The van der Waals surface area contributed by atoms with Gasteiger partial charge < -0.3 is 5.32 Å². The number of hydrogen-bond donors (Lipinski definition) is 1. The Kier molecular flexibility index (Phi) is 5.12. The molecule has 2 aromatic rings. The maximum absolute atomic E-state index is 3.48. The molecule has 0 saturated carbocycles. The Morgan fingerprint density at radius 2 is 1.59 bits per heavy atom. The highest BCUT2D eigenvalue weighted by atomic mass is 15.1. The van der Waals surface area contributed by atoms with Crippen LogP contribution in [0.5, 0.6) is 0 Å². The molecule has 1 fully saturated rings. The van der Waals surface area contributed by atoms with Gasteiger partial charge in [0.15, 0.2) is 0 Å². The van der Waals surface area contributed by atoms with Crippen LogP contribution in [0.4, 0.5) is 5.69 Å². The van der Waals surface area contributed by atoms with Crippen LogP contribution in [0.3, 0.4) is 0 Å². The van der Waals surface area contributed by atoms with Crippen molar-refractivity contribution in [3.05, 3.63) is 65.7 Å². The van der Waals surface area contributed by atoms with Gasteiger partial charge in [-0.15, -0.1) is 0 Å². The van der Waals surface area contributed by atoms with Crippen molar-refractivity contribution in [1.29, 1.82) is 0 Å². The lowest BCUT2D eigenvalue weighted by Crippen LogP contribution is -2.32. The third-order valence-electron chi connectivity index (χ3n) is 4.58. The largest absolute Gasteiger partial charge is 0.381 e. The Balaban J connectivity index is 1.50. The van der Waals surface area contributed by atoms with Gasteiger partial charge in [0.25, 0.3) is 0 Å². The monoisotopic (exact) mass is 294 g/mol. The van der Waals surface area contributed by atoms with E-state index < -0.39 is 0 Å². The third-order valence-corrected chi connectivity index (χ3v) is 4.58. The van der Waals surface area contributed by atoms with E-state index in [-0.39, 0.29) is 0 Å². The summed E-state index contributed by atoms with van der Waals surface area (Å²) in [6.45, 7) is 6.82. The SMILES string of the molecule is CC1CCN(Cc2ccc(NCc3ccccc3)cc2)CC1. The van der Waals surface area contributed by atoms with Gasteiger partial charge >= 0.3 is 0 Å². The standard InChI is InChI=1S/C20H26N2/c1-17-11-13-22(14-12-17)16-19-7-9-20(10-8-19)21-15-18-5-3-2-4-6-18/h2-10,17,21H,11-16H2,1H3. The van der Waals surface area contributed by atoms with E-state index in [2.05, 4.69) is 71.7 Å². The van der Waals surface area contributed by atoms with Crippen molar-refractivity contribution in [3.63, 3.8) is 0 Å². The Labute approximate surface area is 134 Å². The van der Waals surface area contributed by atoms with Gasteiger partial charge in [0.1, 0.15) is 0 Å². The van der Waals surface area contributed by atoms with Crippen molar-refractivity contribution < 1.29 is 0 Å². The molecule has 1 N–H and O–H groups in total. The average molecular weight is 294 g/mol. The number of likely N-dealkylation sites (tertiary alicyclic amines) is 1. The van der Waals surface area contributed by atoms with Crippen molar-refractivity contribution in [2.24, 2.45) is 5.92 Å². The minimum Gasteiger partial charge on any atom is -0.381 e. The fraction of sp³-hybridized carbons (Fsp3) is 0.400. The molecule has 0 aromatic heterocycles. The number of nitrogens with zero attached hydrogens (tertiary/aromatic N) is 1. The first kappa shape index (κ1) is 15.1. The summed E-state index contributed by atoms with van der Waals surface area (Å²) in [6, 6.07) is 19.4. The molecule has 2 heteroatoms. The topological polar surface area (TPSA) is 15.3 Å². The van der Waals surface area contributed by atoms with Crippen LogP contribution in [0.2, 0.25) is 0 Å². The van der Waals surface area contributed by atoms with Gasteiger partial charge in [-0.3, -0.25) is 4.90 Å². The molecule has 0 unspecified atom stereocenters. The van der Waals surface area contributed by atoms with Crippen molar-refractivity contribution in [3.8, 4) is 0 Å². The Bertz CT molecular complexity index is 554. The zero-order valence-corrected chi connectivity index (χ0v) is 13.5. The normalized spacial score (nSPS) is 16.6. The number of piperidine rings is 1. The second-order valence-corrected chi connectivity index (χ2v) is 6.49. The molecule has 1 heterocycles. The van der Waals surface area contributed by atoms with E-state index in [4.69, 9.17) is 0 Å². The molecule has 116 valence electrons. The lowest BCUT2D eigenvalue weighted by atomic mass is 9.99. The molecule has 0 atom stereocenters. The molecule has 1 aliphatic heterocycles. The van der Waals surface area contributed by atoms with Crippen LogP contribution < -0.4 is 5.32 Å². The molecule has 2 nitrogen and oxygen atoms in total. The molecule has 0 bridgehead atoms. The summed E-state index contributed by atoms with van der Waals surface area (Å²) in [5.74, 6) is 0.904. The molecule has 0 radical (unpaired) electrons. The molecule has 3 rings (SSSR count). The number of anilines is 1. The fourth-order valence-corrected chi connectivity index (χ4v) is 3.01. The van der Waals surface area contributed by atoms with Gasteiger partial charge in [-0.2, -0.15) is 0 Å². The molecule has 1 aliphatic rings. The number of hydrogen-bond acceptors (Lipinski definition) is 2. The number of rotatable bonds is 5. The first-order valence-electron chi connectivity index (χ1n) is 8.39. The molecular formula is C20H26N2. The summed E-state index contributed by atoms with van der Waals surface area (Å²) in [5, 5.41) is 3.48. The van der Waals surface area contributed by atoms with E-state index in [1.54, 1.807) is 0 Å².